The Balaban J connectivity index is 2.08. The van der Waals surface area contributed by atoms with Crippen LogP contribution in [0.1, 0.15) is 30.0 Å². The van der Waals surface area contributed by atoms with Crippen LogP contribution in [0.2, 0.25) is 0 Å². The van der Waals surface area contributed by atoms with Crippen LogP contribution < -0.4 is 5.73 Å². The largest absolute Gasteiger partial charge is 0.330 e. The maximum Gasteiger partial charge on any atom is 0.141 e. The fourth-order valence-corrected chi connectivity index (χ4v) is 2.24. The molecule has 0 heterocycles. The van der Waals surface area contributed by atoms with Crippen molar-refractivity contribution in [1.82, 2.24) is 0 Å². The highest BCUT2D eigenvalue weighted by molar-refractivity contribution is 5.83. The van der Waals surface area contributed by atoms with Crippen molar-refractivity contribution in [2.75, 3.05) is 6.54 Å². The van der Waals surface area contributed by atoms with Gasteiger partial charge in [0.25, 0.3) is 0 Å². The van der Waals surface area contributed by atoms with E-state index in [2.05, 4.69) is 18.2 Å². The summed E-state index contributed by atoms with van der Waals surface area (Å²) < 4.78 is 0. The number of carbonyl (C=O) groups excluding carboxylic acids is 1. The van der Waals surface area contributed by atoms with Gasteiger partial charge in [0.05, 0.1) is 0 Å². The second-order valence-electron chi connectivity index (χ2n) is 4.74. The van der Waals surface area contributed by atoms with Crippen molar-refractivity contribution in [3.05, 3.63) is 34.9 Å². The van der Waals surface area contributed by atoms with E-state index in [-0.39, 0.29) is 11.7 Å². The third kappa shape index (κ3) is 2.33. The van der Waals surface area contributed by atoms with Gasteiger partial charge < -0.3 is 5.73 Å². The Morgan fingerprint density at radius 3 is 2.88 bits per heavy atom. The lowest BCUT2D eigenvalue weighted by Gasteiger charge is -2.08. The number of ketones is 1. The van der Waals surface area contributed by atoms with Crippen molar-refractivity contribution in [2.24, 2.45) is 11.7 Å². The minimum Gasteiger partial charge on any atom is -0.330 e. The van der Waals surface area contributed by atoms with Crippen LogP contribution in [0.4, 0.5) is 0 Å². The van der Waals surface area contributed by atoms with Crippen molar-refractivity contribution >= 4 is 5.78 Å². The molecule has 0 fully saturated rings. The molecule has 0 aromatic heterocycles. The molecule has 0 amide bonds. The SMILES string of the molecule is CC(CN)C(=O)Cc1ccc2c(c1)CCC2. The Bertz CT molecular complexity index is 398. The lowest BCUT2D eigenvalue weighted by molar-refractivity contribution is -0.121. The predicted octanol–water partition coefficient (Wildman–Crippen LogP) is 1.88. The number of carbonyl (C=O) groups is 1. The van der Waals surface area contributed by atoms with Crippen LogP contribution in [-0.2, 0) is 24.1 Å². The van der Waals surface area contributed by atoms with Crippen LogP contribution in [0.25, 0.3) is 0 Å². The summed E-state index contributed by atoms with van der Waals surface area (Å²) in [7, 11) is 0. The maximum atomic E-state index is 11.8. The molecule has 0 radical (unpaired) electrons. The Hall–Kier alpha value is -1.15. The topological polar surface area (TPSA) is 43.1 Å². The standard InChI is InChI=1S/C14H19NO/c1-10(9-15)14(16)8-11-5-6-12-3-2-4-13(12)7-11/h5-7,10H,2-4,8-9,15H2,1H3. The zero-order valence-electron chi connectivity index (χ0n) is 9.83. The van der Waals surface area contributed by atoms with E-state index in [0.717, 1.165) is 5.56 Å². The molecule has 2 heteroatoms. The first kappa shape index (κ1) is 11.3. The normalized spacial score (nSPS) is 15.9. The van der Waals surface area contributed by atoms with E-state index in [4.69, 9.17) is 5.73 Å². The van der Waals surface area contributed by atoms with Gasteiger partial charge in [-0.05, 0) is 36.0 Å². The van der Waals surface area contributed by atoms with Gasteiger partial charge in [-0.25, -0.2) is 0 Å². The van der Waals surface area contributed by atoms with Gasteiger partial charge in [-0.15, -0.1) is 0 Å². The van der Waals surface area contributed by atoms with Crippen molar-refractivity contribution < 1.29 is 4.79 Å². The number of Topliss-reactive ketones (excluding diaryl/α,β-unsaturated/α-hetero) is 1. The zero-order chi connectivity index (χ0) is 11.5. The number of nitrogens with two attached hydrogens (primary N) is 1. The van der Waals surface area contributed by atoms with E-state index in [1.807, 2.05) is 6.92 Å². The summed E-state index contributed by atoms with van der Waals surface area (Å²) in [6.45, 7) is 2.35. The summed E-state index contributed by atoms with van der Waals surface area (Å²) in [6.07, 6.45) is 4.16. The molecule has 1 aliphatic carbocycles. The van der Waals surface area contributed by atoms with Crippen LogP contribution >= 0.6 is 0 Å². The van der Waals surface area contributed by atoms with Gasteiger partial charge in [0.2, 0.25) is 0 Å². The van der Waals surface area contributed by atoms with Gasteiger partial charge >= 0.3 is 0 Å². The summed E-state index contributed by atoms with van der Waals surface area (Å²) in [5.74, 6) is 0.230. The molecule has 2 rings (SSSR count). The van der Waals surface area contributed by atoms with Crippen LogP contribution in [0.15, 0.2) is 18.2 Å². The van der Waals surface area contributed by atoms with Crippen molar-refractivity contribution in [3.63, 3.8) is 0 Å². The molecule has 1 aromatic rings. The molecule has 0 saturated carbocycles. The Morgan fingerprint density at radius 2 is 2.12 bits per heavy atom. The second kappa shape index (κ2) is 4.79. The average Bonchev–Trinajstić information content (AvgIpc) is 2.75. The van der Waals surface area contributed by atoms with Crippen LogP contribution in [0, 0.1) is 5.92 Å². The molecule has 0 saturated heterocycles. The molecule has 1 aliphatic rings. The molecule has 86 valence electrons. The molecule has 2 N–H and O–H groups in total. The molecule has 1 atom stereocenters. The maximum absolute atomic E-state index is 11.8. The number of benzene rings is 1. The first-order chi connectivity index (χ1) is 7.70. The molecular weight excluding hydrogens is 198 g/mol. The summed E-state index contributed by atoms with van der Waals surface area (Å²) in [4.78, 5) is 11.8. The fraction of sp³-hybridized carbons (Fsp3) is 0.500. The van der Waals surface area contributed by atoms with Gasteiger partial charge in [0.15, 0.2) is 0 Å². The third-order valence-corrected chi connectivity index (χ3v) is 3.44. The van der Waals surface area contributed by atoms with Crippen LogP contribution in [0.3, 0.4) is 0 Å². The number of fused-ring (bicyclic) bond motifs is 1. The molecule has 0 aliphatic heterocycles. The van der Waals surface area contributed by atoms with E-state index in [1.54, 1.807) is 0 Å². The number of hydrogen-bond acceptors (Lipinski definition) is 2. The first-order valence-electron chi connectivity index (χ1n) is 6.04. The summed E-state index contributed by atoms with van der Waals surface area (Å²) in [5.41, 5.74) is 9.54. The highest BCUT2D eigenvalue weighted by Gasteiger charge is 2.14. The van der Waals surface area contributed by atoms with E-state index in [9.17, 15) is 4.79 Å². The smallest absolute Gasteiger partial charge is 0.141 e. The molecule has 1 unspecified atom stereocenters. The minimum atomic E-state index is -0.0201. The van der Waals surface area contributed by atoms with Gasteiger partial charge in [-0.1, -0.05) is 25.1 Å². The second-order valence-corrected chi connectivity index (χ2v) is 4.74. The quantitative estimate of drug-likeness (QED) is 0.836. The average molecular weight is 217 g/mol. The molecule has 1 aromatic carbocycles. The number of rotatable bonds is 4. The fourth-order valence-electron chi connectivity index (χ4n) is 2.24. The van der Waals surface area contributed by atoms with Crippen molar-refractivity contribution in [1.29, 1.82) is 0 Å². The highest BCUT2D eigenvalue weighted by Crippen LogP contribution is 2.23. The van der Waals surface area contributed by atoms with Crippen LogP contribution in [-0.4, -0.2) is 12.3 Å². The lowest BCUT2D eigenvalue weighted by Crippen LogP contribution is -2.22. The van der Waals surface area contributed by atoms with E-state index >= 15 is 0 Å². The molecular formula is C14H19NO. The van der Waals surface area contributed by atoms with Crippen molar-refractivity contribution in [2.45, 2.75) is 32.6 Å². The Morgan fingerprint density at radius 1 is 1.38 bits per heavy atom. The first-order valence-corrected chi connectivity index (χ1v) is 6.04. The van der Waals surface area contributed by atoms with Gasteiger partial charge in [0, 0.05) is 18.9 Å². The summed E-state index contributed by atoms with van der Waals surface area (Å²) in [6, 6.07) is 6.47. The monoisotopic (exact) mass is 217 g/mol. The summed E-state index contributed by atoms with van der Waals surface area (Å²) >= 11 is 0. The minimum absolute atomic E-state index is 0.0201. The third-order valence-electron chi connectivity index (χ3n) is 3.44. The van der Waals surface area contributed by atoms with Gasteiger partial charge in [-0.2, -0.15) is 0 Å². The van der Waals surface area contributed by atoms with E-state index in [1.165, 1.54) is 30.4 Å². The Kier molecular flexibility index (Phi) is 3.39. The highest BCUT2D eigenvalue weighted by atomic mass is 16.1. The number of hydrogen-bond donors (Lipinski definition) is 1. The van der Waals surface area contributed by atoms with E-state index in [0.29, 0.717) is 13.0 Å². The molecule has 0 spiro atoms. The summed E-state index contributed by atoms with van der Waals surface area (Å²) in [5, 5.41) is 0. The number of aryl methyl sites for hydroxylation is 2. The predicted molar refractivity (Wildman–Crippen MR) is 65.4 cm³/mol. The Labute approximate surface area is 96.8 Å². The molecule has 0 bridgehead atoms. The van der Waals surface area contributed by atoms with Gasteiger partial charge in [-0.3, -0.25) is 4.79 Å². The van der Waals surface area contributed by atoms with Crippen molar-refractivity contribution in [3.8, 4) is 0 Å². The zero-order valence-corrected chi connectivity index (χ0v) is 9.83. The van der Waals surface area contributed by atoms with Crippen LogP contribution in [0.5, 0.6) is 0 Å². The lowest BCUT2D eigenvalue weighted by atomic mass is 9.97. The van der Waals surface area contributed by atoms with Gasteiger partial charge in [0.1, 0.15) is 5.78 Å². The molecule has 16 heavy (non-hydrogen) atoms. The molecule has 2 nitrogen and oxygen atoms in total. The van der Waals surface area contributed by atoms with E-state index < -0.39 is 0 Å².